The van der Waals surface area contributed by atoms with Crippen LogP contribution in [0, 0.1) is 0 Å². The molecule has 0 unspecified atom stereocenters. The fraction of sp³-hybridized carbons (Fsp3) is 0. The van der Waals surface area contributed by atoms with Crippen LogP contribution in [0.1, 0.15) is 0 Å². The smallest absolute Gasteiger partial charge is 0.0765 e. The number of aromatic nitrogens is 1. The van der Waals surface area contributed by atoms with Gasteiger partial charge in [0.05, 0.1) is 11.4 Å². The van der Waals surface area contributed by atoms with Gasteiger partial charge in [-0.1, -0.05) is 60.1 Å². The van der Waals surface area contributed by atoms with Gasteiger partial charge in [0, 0.05) is 28.2 Å². The van der Waals surface area contributed by atoms with Crippen molar-refractivity contribution in [3.63, 3.8) is 0 Å². The van der Waals surface area contributed by atoms with Crippen LogP contribution in [0.2, 0.25) is 5.02 Å². The van der Waals surface area contributed by atoms with E-state index in [-0.39, 0.29) is 0 Å². The molecule has 3 heteroatoms. The standard InChI is InChI=1S/C22H17ClN2/c23-18-11-13-19(14-12-18)24-21-15-16-25(20-9-5-2-6-10-20)22(21)17-7-3-1-4-8-17/h1-16,24H. The number of benzene rings is 3. The van der Waals surface area contributed by atoms with Gasteiger partial charge in [0.2, 0.25) is 0 Å². The molecule has 0 amide bonds. The number of anilines is 2. The van der Waals surface area contributed by atoms with Gasteiger partial charge in [-0.2, -0.15) is 0 Å². The van der Waals surface area contributed by atoms with Crippen LogP contribution in [0.5, 0.6) is 0 Å². The highest BCUT2D eigenvalue weighted by molar-refractivity contribution is 6.30. The Balaban J connectivity index is 1.82. The minimum atomic E-state index is 0.732. The van der Waals surface area contributed by atoms with Crippen molar-refractivity contribution in [3.8, 4) is 16.9 Å². The molecule has 4 rings (SSSR count). The quantitative estimate of drug-likeness (QED) is 0.444. The normalized spacial score (nSPS) is 10.6. The molecule has 122 valence electrons. The van der Waals surface area contributed by atoms with Crippen LogP contribution in [-0.4, -0.2) is 4.57 Å². The highest BCUT2D eigenvalue weighted by Crippen LogP contribution is 2.34. The summed E-state index contributed by atoms with van der Waals surface area (Å²) in [5.74, 6) is 0. The highest BCUT2D eigenvalue weighted by atomic mass is 35.5. The molecule has 2 nitrogen and oxygen atoms in total. The van der Waals surface area contributed by atoms with Crippen LogP contribution in [0.25, 0.3) is 16.9 Å². The molecule has 1 aromatic heterocycles. The van der Waals surface area contributed by atoms with Gasteiger partial charge in [-0.3, -0.25) is 0 Å². The summed E-state index contributed by atoms with van der Waals surface area (Å²) in [6.45, 7) is 0. The lowest BCUT2D eigenvalue weighted by Gasteiger charge is -2.13. The largest absolute Gasteiger partial charge is 0.354 e. The molecule has 3 aromatic carbocycles. The third-order valence-electron chi connectivity index (χ3n) is 4.09. The van der Waals surface area contributed by atoms with Crippen molar-refractivity contribution < 1.29 is 0 Å². The molecular weight excluding hydrogens is 328 g/mol. The van der Waals surface area contributed by atoms with E-state index in [1.807, 2.05) is 36.4 Å². The lowest BCUT2D eigenvalue weighted by Crippen LogP contribution is -1.98. The Hall–Kier alpha value is -2.97. The number of halogens is 1. The number of para-hydroxylation sites is 1. The van der Waals surface area contributed by atoms with E-state index in [1.165, 1.54) is 0 Å². The lowest BCUT2D eigenvalue weighted by atomic mass is 10.1. The molecule has 0 radical (unpaired) electrons. The summed E-state index contributed by atoms with van der Waals surface area (Å²) < 4.78 is 2.20. The fourth-order valence-corrected chi connectivity index (χ4v) is 3.04. The van der Waals surface area contributed by atoms with E-state index in [4.69, 9.17) is 11.6 Å². The van der Waals surface area contributed by atoms with Crippen molar-refractivity contribution >= 4 is 23.0 Å². The van der Waals surface area contributed by atoms with Crippen molar-refractivity contribution in [3.05, 3.63) is 102 Å². The Kier molecular flexibility index (Phi) is 4.28. The van der Waals surface area contributed by atoms with Crippen molar-refractivity contribution in [2.24, 2.45) is 0 Å². The second-order valence-corrected chi connectivity index (χ2v) is 6.22. The minimum absolute atomic E-state index is 0.732. The van der Waals surface area contributed by atoms with E-state index < -0.39 is 0 Å². The Morgan fingerprint density at radius 2 is 1.32 bits per heavy atom. The van der Waals surface area contributed by atoms with Gasteiger partial charge in [-0.15, -0.1) is 0 Å². The first-order valence-corrected chi connectivity index (χ1v) is 8.54. The van der Waals surface area contributed by atoms with Crippen LogP contribution in [0.4, 0.5) is 11.4 Å². The van der Waals surface area contributed by atoms with Gasteiger partial charge in [0.15, 0.2) is 0 Å². The van der Waals surface area contributed by atoms with Gasteiger partial charge in [-0.05, 0) is 42.5 Å². The van der Waals surface area contributed by atoms with Gasteiger partial charge >= 0.3 is 0 Å². The average Bonchev–Trinajstić information content (AvgIpc) is 3.08. The first-order valence-electron chi connectivity index (χ1n) is 8.16. The highest BCUT2D eigenvalue weighted by Gasteiger charge is 2.13. The molecule has 0 saturated carbocycles. The first-order chi connectivity index (χ1) is 12.3. The SMILES string of the molecule is Clc1ccc(Nc2ccn(-c3ccccc3)c2-c2ccccc2)cc1. The number of hydrogen-bond acceptors (Lipinski definition) is 1. The topological polar surface area (TPSA) is 17.0 Å². The third-order valence-corrected chi connectivity index (χ3v) is 4.34. The van der Waals surface area contributed by atoms with E-state index in [2.05, 4.69) is 70.7 Å². The molecule has 0 atom stereocenters. The van der Waals surface area contributed by atoms with E-state index in [0.29, 0.717) is 0 Å². The molecule has 0 fully saturated rings. The number of nitrogens with zero attached hydrogens (tertiary/aromatic N) is 1. The second kappa shape index (κ2) is 6.88. The van der Waals surface area contributed by atoms with Crippen molar-refractivity contribution in [2.45, 2.75) is 0 Å². The van der Waals surface area contributed by atoms with Gasteiger partial charge in [0.25, 0.3) is 0 Å². The van der Waals surface area contributed by atoms with E-state index in [0.717, 1.165) is 33.3 Å². The molecule has 0 aliphatic heterocycles. The van der Waals surface area contributed by atoms with Crippen LogP contribution in [-0.2, 0) is 0 Å². The average molecular weight is 345 g/mol. The number of nitrogens with one attached hydrogen (secondary N) is 1. The second-order valence-electron chi connectivity index (χ2n) is 5.78. The maximum atomic E-state index is 5.99. The number of hydrogen-bond donors (Lipinski definition) is 1. The Labute approximate surface area is 152 Å². The van der Waals surface area contributed by atoms with E-state index in [9.17, 15) is 0 Å². The summed E-state index contributed by atoms with van der Waals surface area (Å²) in [6, 6.07) is 30.6. The Morgan fingerprint density at radius 1 is 0.680 bits per heavy atom. The molecule has 0 aliphatic carbocycles. The molecule has 25 heavy (non-hydrogen) atoms. The fourth-order valence-electron chi connectivity index (χ4n) is 2.92. The van der Waals surface area contributed by atoms with Gasteiger partial charge < -0.3 is 9.88 Å². The Morgan fingerprint density at radius 3 is 2.00 bits per heavy atom. The zero-order valence-electron chi connectivity index (χ0n) is 13.6. The summed E-state index contributed by atoms with van der Waals surface area (Å²) >= 11 is 5.99. The van der Waals surface area contributed by atoms with E-state index >= 15 is 0 Å². The zero-order chi connectivity index (χ0) is 17.1. The lowest BCUT2D eigenvalue weighted by molar-refractivity contribution is 1.09. The van der Waals surface area contributed by atoms with Crippen molar-refractivity contribution in [2.75, 3.05) is 5.32 Å². The molecule has 0 spiro atoms. The maximum Gasteiger partial charge on any atom is 0.0765 e. The van der Waals surface area contributed by atoms with Crippen LogP contribution < -0.4 is 5.32 Å². The number of rotatable bonds is 4. The molecule has 0 bridgehead atoms. The van der Waals surface area contributed by atoms with Crippen LogP contribution in [0.3, 0.4) is 0 Å². The van der Waals surface area contributed by atoms with Crippen LogP contribution >= 0.6 is 11.6 Å². The predicted octanol–water partition coefficient (Wildman–Crippen LogP) is 6.54. The zero-order valence-corrected chi connectivity index (χ0v) is 14.3. The third kappa shape index (κ3) is 3.30. The van der Waals surface area contributed by atoms with Gasteiger partial charge in [-0.25, -0.2) is 0 Å². The monoisotopic (exact) mass is 344 g/mol. The summed E-state index contributed by atoms with van der Waals surface area (Å²) in [5.41, 5.74) is 5.48. The van der Waals surface area contributed by atoms with Crippen molar-refractivity contribution in [1.82, 2.24) is 4.57 Å². The van der Waals surface area contributed by atoms with Gasteiger partial charge in [0.1, 0.15) is 0 Å². The minimum Gasteiger partial charge on any atom is -0.354 e. The maximum absolute atomic E-state index is 5.99. The summed E-state index contributed by atoms with van der Waals surface area (Å²) in [6.07, 6.45) is 2.09. The molecule has 0 saturated heterocycles. The first kappa shape index (κ1) is 15.6. The molecule has 1 heterocycles. The Bertz CT molecular complexity index is 958. The summed E-state index contributed by atoms with van der Waals surface area (Å²) in [5, 5.41) is 4.24. The van der Waals surface area contributed by atoms with Crippen LogP contribution in [0.15, 0.2) is 97.2 Å². The molecule has 4 aromatic rings. The summed E-state index contributed by atoms with van der Waals surface area (Å²) in [4.78, 5) is 0. The summed E-state index contributed by atoms with van der Waals surface area (Å²) in [7, 11) is 0. The molecule has 0 aliphatic rings. The molecule has 1 N–H and O–H groups in total. The molecular formula is C22H17ClN2. The van der Waals surface area contributed by atoms with E-state index in [1.54, 1.807) is 0 Å². The predicted molar refractivity (Wildman–Crippen MR) is 106 cm³/mol. The van der Waals surface area contributed by atoms with Crippen molar-refractivity contribution in [1.29, 1.82) is 0 Å².